The van der Waals surface area contributed by atoms with Crippen molar-refractivity contribution in [2.75, 3.05) is 26.2 Å². The Bertz CT molecular complexity index is 707. The van der Waals surface area contributed by atoms with E-state index < -0.39 is 5.60 Å². The summed E-state index contributed by atoms with van der Waals surface area (Å²) in [6.07, 6.45) is 6.85. The predicted molar refractivity (Wildman–Crippen MR) is 121 cm³/mol. The molecular weight excluding hydrogens is 358 g/mol. The van der Waals surface area contributed by atoms with Gasteiger partial charge in [0.05, 0.1) is 12.2 Å². The van der Waals surface area contributed by atoms with Crippen LogP contribution in [0.4, 0.5) is 0 Å². The van der Waals surface area contributed by atoms with Crippen molar-refractivity contribution >= 4 is 0 Å². The maximum atomic E-state index is 12.2. The third-order valence-electron chi connectivity index (χ3n) is 6.21. The van der Waals surface area contributed by atoms with E-state index in [1.54, 1.807) is 0 Å². The number of likely N-dealkylation sites (tertiary alicyclic amines) is 1. The van der Waals surface area contributed by atoms with Gasteiger partial charge < -0.3 is 14.7 Å². The lowest BCUT2D eigenvalue weighted by Crippen LogP contribution is -2.41. The zero-order chi connectivity index (χ0) is 20.5. The molecule has 1 aliphatic heterocycles. The molecule has 3 nitrogen and oxygen atoms in total. The Morgan fingerprint density at radius 1 is 0.931 bits per heavy atom. The van der Waals surface area contributed by atoms with E-state index in [1.165, 1.54) is 31.2 Å². The monoisotopic (exact) mass is 395 g/mol. The summed E-state index contributed by atoms with van der Waals surface area (Å²) in [7, 11) is 0. The van der Waals surface area contributed by atoms with E-state index in [-0.39, 0.29) is 5.92 Å². The van der Waals surface area contributed by atoms with Crippen molar-refractivity contribution in [3.8, 4) is 5.75 Å². The fraction of sp³-hybridized carbons (Fsp3) is 0.538. The Morgan fingerprint density at radius 3 is 2.17 bits per heavy atom. The molecule has 1 aliphatic rings. The van der Waals surface area contributed by atoms with E-state index in [4.69, 9.17) is 4.74 Å². The second-order valence-electron chi connectivity index (χ2n) is 8.31. The Balaban J connectivity index is 1.96. The summed E-state index contributed by atoms with van der Waals surface area (Å²) in [6.45, 7) is 7.97. The molecule has 3 heteroatoms. The molecule has 1 heterocycles. The number of nitrogens with zero attached hydrogens (tertiary/aromatic N) is 1. The Hall–Kier alpha value is -1.84. The lowest BCUT2D eigenvalue weighted by molar-refractivity contribution is -0.0134. The van der Waals surface area contributed by atoms with Crippen LogP contribution < -0.4 is 4.74 Å². The molecule has 0 aliphatic carbocycles. The van der Waals surface area contributed by atoms with E-state index >= 15 is 0 Å². The minimum atomic E-state index is -0.896. The quantitative estimate of drug-likeness (QED) is 0.588. The third kappa shape index (κ3) is 5.61. The lowest BCUT2D eigenvalue weighted by Gasteiger charge is -2.40. The summed E-state index contributed by atoms with van der Waals surface area (Å²) in [6, 6.07) is 18.7. The molecule has 1 fully saturated rings. The van der Waals surface area contributed by atoms with Crippen LogP contribution in [0.2, 0.25) is 0 Å². The molecule has 0 aromatic heterocycles. The standard InChI is InChI=1S/C26H37NO2/c1-3-18-26(28,23-14-16-24(17-15-23)29-4-2)25(22-12-8-7-9-13-22)21-27-19-10-5-6-11-20-27/h7-9,12-17,25,28H,3-6,10-11,18-21H2,1-2H3/t25-,26+/m0/s1. The van der Waals surface area contributed by atoms with Crippen molar-refractivity contribution in [2.45, 2.75) is 63.9 Å². The van der Waals surface area contributed by atoms with Gasteiger partial charge in [-0.1, -0.05) is 68.7 Å². The molecule has 0 bridgehead atoms. The third-order valence-corrected chi connectivity index (χ3v) is 6.21. The Morgan fingerprint density at radius 2 is 1.59 bits per heavy atom. The molecule has 0 spiro atoms. The molecule has 3 rings (SSSR count). The number of hydrogen-bond donors (Lipinski definition) is 1. The average molecular weight is 396 g/mol. The van der Waals surface area contributed by atoms with E-state index in [0.29, 0.717) is 6.61 Å². The van der Waals surface area contributed by atoms with Gasteiger partial charge in [-0.3, -0.25) is 0 Å². The van der Waals surface area contributed by atoms with Crippen molar-refractivity contribution in [1.29, 1.82) is 0 Å². The van der Waals surface area contributed by atoms with Gasteiger partial charge in [0.15, 0.2) is 0 Å². The molecular formula is C26H37NO2. The molecule has 0 amide bonds. The van der Waals surface area contributed by atoms with Crippen LogP contribution in [0.25, 0.3) is 0 Å². The summed E-state index contributed by atoms with van der Waals surface area (Å²) >= 11 is 0. The van der Waals surface area contributed by atoms with Crippen LogP contribution in [0.3, 0.4) is 0 Å². The SMILES string of the molecule is CCC[C@@](O)(c1ccc(OCC)cc1)[C@@H](CN1CCCCCC1)c1ccccc1. The van der Waals surface area contributed by atoms with Crippen LogP contribution in [0.5, 0.6) is 5.75 Å². The van der Waals surface area contributed by atoms with Gasteiger partial charge in [-0.2, -0.15) is 0 Å². The topological polar surface area (TPSA) is 32.7 Å². The molecule has 2 aromatic rings. The fourth-order valence-electron chi connectivity index (χ4n) is 4.70. The number of hydrogen-bond acceptors (Lipinski definition) is 3. The van der Waals surface area contributed by atoms with Gasteiger partial charge in [0, 0.05) is 12.5 Å². The van der Waals surface area contributed by atoms with Crippen molar-refractivity contribution in [3.63, 3.8) is 0 Å². The van der Waals surface area contributed by atoms with Gasteiger partial charge in [-0.25, -0.2) is 0 Å². The summed E-state index contributed by atoms with van der Waals surface area (Å²) in [5.41, 5.74) is 1.32. The summed E-state index contributed by atoms with van der Waals surface area (Å²) in [5, 5.41) is 12.2. The minimum absolute atomic E-state index is 0.0414. The van der Waals surface area contributed by atoms with Crippen molar-refractivity contribution in [1.82, 2.24) is 4.90 Å². The number of ether oxygens (including phenoxy) is 1. The summed E-state index contributed by atoms with van der Waals surface area (Å²) in [4.78, 5) is 2.57. The minimum Gasteiger partial charge on any atom is -0.494 e. The average Bonchev–Trinajstić information content (AvgIpc) is 3.02. The lowest BCUT2D eigenvalue weighted by atomic mass is 9.74. The maximum Gasteiger partial charge on any atom is 0.119 e. The van der Waals surface area contributed by atoms with E-state index in [9.17, 15) is 5.11 Å². The molecule has 0 radical (unpaired) electrons. The summed E-state index contributed by atoms with van der Waals surface area (Å²) < 4.78 is 5.62. The highest BCUT2D eigenvalue weighted by Gasteiger charge is 2.39. The first-order valence-electron chi connectivity index (χ1n) is 11.4. The zero-order valence-corrected chi connectivity index (χ0v) is 18.1. The predicted octanol–water partition coefficient (Wildman–Crippen LogP) is 5.73. The fourth-order valence-corrected chi connectivity index (χ4v) is 4.70. The van der Waals surface area contributed by atoms with Gasteiger partial charge in [0.1, 0.15) is 5.75 Å². The van der Waals surface area contributed by atoms with Gasteiger partial charge in [-0.15, -0.1) is 0 Å². The van der Waals surface area contributed by atoms with Gasteiger partial charge in [0.25, 0.3) is 0 Å². The number of aliphatic hydroxyl groups is 1. The molecule has 29 heavy (non-hydrogen) atoms. The van der Waals surface area contributed by atoms with Crippen LogP contribution >= 0.6 is 0 Å². The van der Waals surface area contributed by atoms with Crippen LogP contribution in [0, 0.1) is 0 Å². The van der Waals surface area contributed by atoms with Crippen molar-refractivity contribution in [2.24, 2.45) is 0 Å². The molecule has 158 valence electrons. The van der Waals surface area contributed by atoms with Gasteiger partial charge in [0.2, 0.25) is 0 Å². The molecule has 1 N–H and O–H groups in total. The smallest absolute Gasteiger partial charge is 0.119 e. The van der Waals surface area contributed by atoms with Crippen molar-refractivity contribution in [3.05, 3.63) is 65.7 Å². The maximum absolute atomic E-state index is 12.2. The first-order chi connectivity index (χ1) is 14.2. The van der Waals surface area contributed by atoms with E-state index in [0.717, 1.165) is 43.8 Å². The van der Waals surface area contributed by atoms with Crippen LogP contribution in [0.15, 0.2) is 54.6 Å². The highest BCUT2D eigenvalue weighted by atomic mass is 16.5. The first kappa shape index (κ1) is 21.9. The number of rotatable bonds is 9. The largest absolute Gasteiger partial charge is 0.494 e. The number of benzene rings is 2. The normalized spacial score (nSPS) is 18.6. The highest BCUT2D eigenvalue weighted by Crippen LogP contribution is 2.42. The van der Waals surface area contributed by atoms with E-state index in [1.807, 2.05) is 19.1 Å². The molecule has 0 saturated carbocycles. The molecule has 1 saturated heterocycles. The van der Waals surface area contributed by atoms with Crippen LogP contribution in [0.1, 0.15) is 69.4 Å². The second kappa shape index (κ2) is 10.8. The van der Waals surface area contributed by atoms with Gasteiger partial charge >= 0.3 is 0 Å². The molecule has 2 aromatic carbocycles. The molecule has 0 unspecified atom stereocenters. The Kier molecular flexibility index (Phi) is 8.14. The summed E-state index contributed by atoms with van der Waals surface area (Å²) in [5.74, 6) is 0.901. The van der Waals surface area contributed by atoms with Crippen LogP contribution in [-0.4, -0.2) is 36.2 Å². The van der Waals surface area contributed by atoms with Crippen LogP contribution in [-0.2, 0) is 5.60 Å². The highest BCUT2D eigenvalue weighted by molar-refractivity contribution is 5.35. The molecule has 2 atom stereocenters. The van der Waals surface area contributed by atoms with Crippen molar-refractivity contribution < 1.29 is 9.84 Å². The first-order valence-corrected chi connectivity index (χ1v) is 11.4. The second-order valence-corrected chi connectivity index (χ2v) is 8.31. The zero-order valence-electron chi connectivity index (χ0n) is 18.1. The Labute approximate surface area is 176 Å². The van der Waals surface area contributed by atoms with E-state index in [2.05, 4.69) is 54.3 Å². The van der Waals surface area contributed by atoms with Gasteiger partial charge in [-0.05, 0) is 62.5 Å².